The molecule has 0 aliphatic carbocycles. The maximum absolute atomic E-state index is 12.1. The molecule has 0 aliphatic rings. The Kier molecular flexibility index (Phi) is 5.94. The number of hydrogen-bond acceptors (Lipinski definition) is 4. The summed E-state index contributed by atoms with van der Waals surface area (Å²) in [5, 5.41) is 21.1. The van der Waals surface area contributed by atoms with Gasteiger partial charge in [-0.2, -0.15) is 0 Å². The lowest BCUT2D eigenvalue weighted by Crippen LogP contribution is -2.23. The van der Waals surface area contributed by atoms with E-state index in [0.29, 0.717) is 23.5 Å². The van der Waals surface area contributed by atoms with Crippen molar-refractivity contribution in [2.45, 2.75) is 6.54 Å². The second kappa shape index (κ2) is 8.34. The highest BCUT2D eigenvalue weighted by molar-refractivity contribution is 5.95. The van der Waals surface area contributed by atoms with E-state index in [1.54, 1.807) is 48.5 Å². The van der Waals surface area contributed by atoms with Crippen molar-refractivity contribution in [3.05, 3.63) is 59.7 Å². The lowest BCUT2D eigenvalue weighted by Gasteiger charge is -2.08. The van der Waals surface area contributed by atoms with Gasteiger partial charge in [0.25, 0.3) is 5.91 Å². The number of amides is 1. The maximum Gasteiger partial charge on any atom is 0.341 e. The number of anilines is 1. The predicted molar refractivity (Wildman–Crippen MR) is 92.7 cm³/mol. The van der Waals surface area contributed by atoms with Crippen LogP contribution < -0.4 is 21.1 Å². The minimum absolute atomic E-state index is 0.173. The summed E-state index contributed by atoms with van der Waals surface area (Å²) >= 11 is 0. The first-order valence-electron chi connectivity index (χ1n) is 7.37. The SMILES string of the molecule is N=C(N)Nc1ccc(C(=O)NCc2ccc(OCC(=O)O)cc2)cc1. The zero-order valence-corrected chi connectivity index (χ0v) is 13.3. The van der Waals surface area contributed by atoms with Crippen molar-refractivity contribution < 1.29 is 19.4 Å². The van der Waals surface area contributed by atoms with Crippen LogP contribution >= 0.6 is 0 Å². The Balaban J connectivity index is 1.86. The molecule has 0 saturated carbocycles. The van der Waals surface area contributed by atoms with Crippen LogP contribution in [0.2, 0.25) is 0 Å². The van der Waals surface area contributed by atoms with E-state index in [-0.39, 0.29) is 11.9 Å². The van der Waals surface area contributed by atoms with Crippen molar-refractivity contribution in [3.63, 3.8) is 0 Å². The van der Waals surface area contributed by atoms with Crippen LogP contribution in [0.4, 0.5) is 5.69 Å². The van der Waals surface area contributed by atoms with E-state index in [9.17, 15) is 9.59 Å². The molecule has 2 aromatic rings. The van der Waals surface area contributed by atoms with Crippen LogP contribution in [0.3, 0.4) is 0 Å². The van der Waals surface area contributed by atoms with Crippen LogP contribution in [0.5, 0.6) is 5.75 Å². The van der Waals surface area contributed by atoms with Crippen molar-refractivity contribution >= 4 is 23.5 Å². The van der Waals surface area contributed by atoms with Gasteiger partial charge in [-0.3, -0.25) is 10.2 Å². The first-order chi connectivity index (χ1) is 11.9. The third-order valence-electron chi connectivity index (χ3n) is 3.16. The molecular formula is C17H18N4O4. The van der Waals surface area contributed by atoms with Gasteiger partial charge in [-0.05, 0) is 42.0 Å². The van der Waals surface area contributed by atoms with Crippen LogP contribution in [0.15, 0.2) is 48.5 Å². The van der Waals surface area contributed by atoms with Crippen molar-refractivity contribution in [1.82, 2.24) is 5.32 Å². The third-order valence-corrected chi connectivity index (χ3v) is 3.16. The van der Waals surface area contributed by atoms with Crippen LogP contribution in [0.25, 0.3) is 0 Å². The van der Waals surface area contributed by atoms with Gasteiger partial charge in [0.2, 0.25) is 0 Å². The third kappa shape index (κ3) is 5.87. The highest BCUT2D eigenvalue weighted by Crippen LogP contribution is 2.13. The van der Waals surface area contributed by atoms with Crippen LogP contribution in [-0.4, -0.2) is 29.5 Å². The number of nitrogens with one attached hydrogen (secondary N) is 3. The molecular weight excluding hydrogens is 324 g/mol. The Labute approximate surface area is 144 Å². The second-order valence-corrected chi connectivity index (χ2v) is 5.13. The van der Waals surface area contributed by atoms with E-state index in [4.69, 9.17) is 21.0 Å². The first kappa shape index (κ1) is 17.8. The summed E-state index contributed by atoms with van der Waals surface area (Å²) in [6, 6.07) is 13.4. The first-order valence-corrected chi connectivity index (χ1v) is 7.37. The quantitative estimate of drug-likeness (QED) is 0.381. The summed E-state index contributed by atoms with van der Waals surface area (Å²) in [6.45, 7) is -0.0734. The number of nitrogens with two attached hydrogens (primary N) is 1. The fourth-order valence-corrected chi connectivity index (χ4v) is 1.99. The molecule has 0 heterocycles. The van der Waals surface area contributed by atoms with Crippen molar-refractivity contribution in [3.8, 4) is 5.75 Å². The molecule has 2 aromatic carbocycles. The number of carboxylic acids is 1. The smallest absolute Gasteiger partial charge is 0.341 e. The average molecular weight is 342 g/mol. The number of carboxylic acid groups (broad SMARTS) is 1. The van der Waals surface area contributed by atoms with Crippen molar-refractivity contribution in [2.24, 2.45) is 5.73 Å². The number of aliphatic carboxylic acids is 1. The van der Waals surface area contributed by atoms with Gasteiger partial charge < -0.3 is 26.2 Å². The molecule has 0 bridgehead atoms. The number of carbonyl (C=O) groups is 2. The van der Waals surface area contributed by atoms with E-state index in [0.717, 1.165) is 5.56 Å². The maximum atomic E-state index is 12.1. The Morgan fingerprint density at radius 2 is 1.72 bits per heavy atom. The zero-order valence-electron chi connectivity index (χ0n) is 13.3. The molecule has 0 spiro atoms. The highest BCUT2D eigenvalue weighted by atomic mass is 16.5. The van der Waals surface area contributed by atoms with Gasteiger partial charge in [0.05, 0.1) is 0 Å². The van der Waals surface area contributed by atoms with Crippen LogP contribution in [0.1, 0.15) is 15.9 Å². The molecule has 1 amide bonds. The Morgan fingerprint density at radius 3 is 2.28 bits per heavy atom. The van der Waals surface area contributed by atoms with Gasteiger partial charge in [-0.25, -0.2) is 4.79 Å². The molecule has 8 nitrogen and oxygen atoms in total. The summed E-state index contributed by atoms with van der Waals surface area (Å²) in [5.74, 6) is -1.000. The molecule has 25 heavy (non-hydrogen) atoms. The topological polar surface area (TPSA) is 138 Å². The monoisotopic (exact) mass is 342 g/mol. The highest BCUT2D eigenvalue weighted by Gasteiger charge is 2.06. The molecule has 2 rings (SSSR count). The van der Waals surface area contributed by atoms with Gasteiger partial charge in [-0.1, -0.05) is 12.1 Å². The molecule has 0 radical (unpaired) electrons. The molecule has 130 valence electrons. The van der Waals surface area contributed by atoms with E-state index in [1.165, 1.54) is 0 Å². The van der Waals surface area contributed by atoms with Crippen molar-refractivity contribution in [1.29, 1.82) is 5.41 Å². The molecule has 8 heteroatoms. The number of benzene rings is 2. The molecule has 0 aromatic heterocycles. The average Bonchev–Trinajstić information content (AvgIpc) is 2.59. The van der Waals surface area contributed by atoms with E-state index >= 15 is 0 Å². The summed E-state index contributed by atoms with van der Waals surface area (Å²) < 4.78 is 5.04. The van der Waals surface area contributed by atoms with E-state index < -0.39 is 12.6 Å². The molecule has 0 fully saturated rings. The molecule has 0 saturated heterocycles. The number of carbonyl (C=O) groups excluding carboxylic acids is 1. The van der Waals surface area contributed by atoms with Gasteiger partial charge in [0, 0.05) is 17.8 Å². The summed E-state index contributed by atoms with van der Waals surface area (Å²) in [5.41, 5.74) is 7.19. The minimum atomic E-state index is -1.04. The zero-order chi connectivity index (χ0) is 18.2. The second-order valence-electron chi connectivity index (χ2n) is 5.13. The lowest BCUT2D eigenvalue weighted by atomic mass is 10.1. The Bertz CT molecular complexity index is 757. The predicted octanol–water partition coefficient (Wildman–Crippen LogP) is 1.39. The minimum Gasteiger partial charge on any atom is -0.482 e. The summed E-state index contributed by atoms with van der Waals surface area (Å²) in [4.78, 5) is 22.5. The Hall–Kier alpha value is -3.55. The molecule has 0 unspecified atom stereocenters. The number of hydrogen-bond donors (Lipinski definition) is 5. The number of guanidine groups is 1. The van der Waals surface area contributed by atoms with Gasteiger partial charge in [-0.15, -0.1) is 0 Å². The summed E-state index contributed by atoms with van der Waals surface area (Å²) in [6.07, 6.45) is 0. The lowest BCUT2D eigenvalue weighted by molar-refractivity contribution is -0.139. The number of rotatable bonds is 7. The fourth-order valence-electron chi connectivity index (χ4n) is 1.99. The van der Waals surface area contributed by atoms with E-state index in [1.807, 2.05) is 0 Å². The van der Waals surface area contributed by atoms with E-state index in [2.05, 4.69) is 10.6 Å². The van der Waals surface area contributed by atoms with Crippen LogP contribution in [-0.2, 0) is 11.3 Å². The fraction of sp³-hybridized carbons (Fsp3) is 0.118. The van der Waals surface area contributed by atoms with Gasteiger partial charge in [0.1, 0.15) is 5.75 Å². The molecule has 0 atom stereocenters. The van der Waals surface area contributed by atoms with Gasteiger partial charge >= 0.3 is 5.97 Å². The standard InChI is InChI=1S/C17H18N4O4/c18-17(19)21-13-5-3-12(4-6-13)16(24)20-9-11-1-7-14(8-2-11)25-10-15(22)23/h1-8H,9-10H2,(H,20,24)(H,22,23)(H4,18,19,21). The van der Waals surface area contributed by atoms with Gasteiger partial charge in [0.15, 0.2) is 12.6 Å². The normalized spacial score (nSPS) is 9.92. The molecule has 0 aliphatic heterocycles. The van der Waals surface area contributed by atoms with Crippen LogP contribution in [0, 0.1) is 5.41 Å². The largest absolute Gasteiger partial charge is 0.482 e. The summed E-state index contributed by atoms with van der Waals surface area (Å²) in [7, 11) is 0. The number of ether oxygens (including phenoxy) is 1. The van der Waals surface area contributed by atoms with Crippen molar-refractivity contribution in [2.75, 3.05) is 11.9 Å². The Morgan fingerprint density at radius 1 is 1.08 bits per heavy atom. The molecule has 6 N–H and O–H groups in total.